The SMILES string of the molecule is Cc1cc(C)c2c(c1C)OCC2c1ccc(C2OC=CO2)cc1. The van der Waals surface area contributed by atoms with Gasteiger partial charge in [0, 0.05) is 17.0 Å². The summed E-state index contributed by atoms with van der Waals surface area (Å²) in [6, 6.07) is 10.7. The fourth-order valence-electron chi connectivity index (χ4n) is 3.48. The first-order valence-electron chi connectivity index (χ1n) is 7.94. The van der Waals surface area contributed by atoms with Crippen LogP contribution in [0.5, 0.6) is 5.75 Å². The normalized spacial score (nSPS) is 19.2. The van der Waals surface area contributed by atoms with Crippen LogP contribution in [0, 0.1) is 20.8 Å². The predicted octanol–water partition coefficient (Wildman–Crippen LogP) is 4.65. The molecule has 2 aliphatic rings. The summed E-state index contributed by atoms with van der Waals surface area (Å²) in [5.41, 5.74) is 7.47. The van der Waals surface area contributed by atoms with E-state index in [-0.39, 0.29) is 6.29 Å². The van der Waals surface area contributed by atoms with Gasteiger partial charge >= 0.3 is 0 Å². The van der Waals surface area contributed by atoms with Gasteiger partial charge in [-0.2, -0.15) is 0 Å². The molecule has 0 amide bonds. The van der Waals surface area contributed by atoms with Gasteiger partial charge in [0.05, 0.1) is 6.61 Å². The van der Waals surface area contributed by atoms with E-state index >= 15 is 0 Å². The lowest BCUT2D eigenvalue weighted by atomic mass is 9.87. The third-order valence-electron chi connectivity index (χ3n) is 4.85. The van der Waals surface area contributed by atoms with Crippen LogP contribution >= 0.6 is 0 Å². The largest absolute Gasteiger partial charge is 0.492 e. The highest BCUT2D eigenvalue weighted by atomic mass is 16.7. The van der Waals surface area contributed by atoms with Crippen LogP contribution in [0.1, 0.15) is 45.6 Å². The fraction of sp³-hybridized carbons (Fsp3) is 0.300. The van der Waals surface area contributed by atoms with Crippen molar-refractivity contribution in [3.63, 3.8) is 0 Å². The molecule has 1 unspecified atom stereocenters. The summed E-state index contributed by atoms with van der Waals surface area (Å²) in [5, 5.41) is 0. The van der Waals surface area contributed by atoms with Crippen molar-refractivity contribution in [2.75, 3.05) is 6.61 Å². The van der Waals surface area contributed by atoms with Gasteiger partial charge in [-0.1, -0.05) is 30.3 Å². The lowest BCUT2D eigenvalue weighted by Crippen LogP contribution is -2.05. The maximum Gasteiger partial charge on any atom is 0.266 e. The van der Waals surface area contributed by atoms with Crippen LogP contribution in [0.3, 0.4) is 0 Å². The van der Waals surface area contributed by atoms with Gasteiger partial charge in [-0.15, -0.1) is 0 Å². The summed E-state index contributed by atoms with van der Waals surface area (Å²) in [6.45, 7) is 7.16. The molecule has 2 aliphatic heterocycles. The molecule has 0 saturated carbocycles. The Morgan fingerprint density at radius 3 is 2.22 bits per heavy atom. The predicted molar refractivity (Wildman–Crippen MR) is 88.5 cm³/mol. The molecular formula is C20H20O3. The molecule has 0 fully saturated rings. The van der Waals surface area contributed by atoms with E-state index in [4.69, 9.17) is 14.2 Å². The van der Waals surface area contributed by atoms with Crippen LogP contribution in [0.2, 0.25) is 0 Å². The van der Waals surface area contributed by atoms with E-state index in [9.17, 15) is 0 Å². The second kappa shape index (κ2) is 5.34. The Labute approximate surface area is 136 Å². The summed E-state index contributed by atoms with van der Waals surface area (Å²) >= 11 is 0. The average molecular weight is 308 g/mol. The van der Waals surface area contributed by atoms with Gasteiger partial charge in [-0.05, 0) is 43.0 Å². The van der Waals surface area contributed by atoms with Crippen molar-refractivity contribution in [3.8, 4) is 5.75 Å². The summed E-state index contributed by atoms with van der Waals surface area (Å²) < 4.78 is 16.8. The Morgan fingerprint density at radius 1 is 0.870 bits per heavy atom. The van der Waals surface area contributed by atoms with E-state index in [1.807, 2.05) is 0 Å². The van der Waals surface area contributed by atoms with Crippen molar-refractivity contribution >= 4 is 0 Å². The highest BCUT2D eigenvalue weighted by Crippen LogP contribution is 2.43. The van der Waals surface area contributed by atoms with Crippen LogP contribution < -0.4 is 4.74 Å². The zero-order valence-electron chi connectivity index (χ0n) is 13.6. The van der Waals surface area contributed by atoms with Gasteiger partial charge in [0.25, 0.3) is 6.29 Å². The van der Waals surface area contributed by atoms with E-state index in [0.29, 0.717) is 12.5 Å². The molecule has 0 N–H and O–H groups in total. The first-order valence-corrected chi connectivity index (χ1v) is 7.94. The smallest absolute Gasteiger partial charge is 0.266 e. The summed E-state index contributed by atoms with van der Waals surface area (Å²) in [6.07, 6.45) is 2.84. The lowest BCUT2D eigenvalue weighted by Gasteiger charge is -2.15. The summed E-state index contributed by atoms with van der Waals surface area (Å²) in [4.78, 5) is 0. The topological polar surface area (TPSA) is 27.7 Å². The highest BCUT2D eigenvalue weighted by molar-refractivity contribution is 5.56. The quantitative estimate of drug-likeness (QED) is 0.808. The van der Waals surface area contributed by atoms with Crippen molar-refractivity contribution in [1.29, 1.82) is 0 Å². The van der Waals surface area contributed by atoms with Gasteiger partial charge in [0.15, 0.2) is 0 Å². The van der Waals surface area contributed by atoms with Crippen molar-refractivity contribution in [1.82, 2.24) is 0 Å². The van der Waals surface area contributed by atoms with Gasteiger partial charge in [-0.25, -0.2) is 0 Å². The summed E-state index contributed by atoms with van der Waals surface area (Å²) in [7, 11) is 0. The zero-order chi connectivity index (χ0) is 16.0. The van der Waals surface area contributed by atoms with Crippen molar-refractivity contribution in [3.05, 3.63) is 76.2 Å². The van der Waals surface area contributed by atoms with E-state index in [0.717, 1.165) is 11.3 Å². The molecule has 118 valence electrons. The number of hydrogen-bond donors (Lipinski definition) is 0. The molecule has 0 bridgehead atoms. The Balaban J connectivity index is 1.67. The summed E-state index contributed by atoms with van der Waals surface area (Å²) in [5.74, 6) is 1.37. The molecule has 0 saturated heterocycles. The average Bonchev–Trinajstić information content (AvgIpc) is 3.22. The highest BCUT2D eigenvalue weighted by Gasteiger charge is 2.29. The standard InChI is InChI=1S/C20H20O3/c1-12-10-13(2)18-17(11-23-19(18)14(12)3)15-4-6-16(7-5-15)20-21-8-9-22-20/h4-10,17,20H,11H2,1-3H3. The molecule has 23 heavy (non-hydrogen) atoms. The third-order valence-corrected chi connectivity index (χ3v) is 4.85. The second-order valence-electron chi connectivity index (χ2n) is 6.28. The first-order chi connectivity index (χ1) is 11.1. The maximum atomic E-state index is 6.03. The Kier molecular flexibility index (Phi) is 3.29. The van der Waals surface area contributed by atoms with E-state index < -0.39 is 0 Å². The molecular weight excluding hydrogens is 288 g/mol. The molecule has 0 radical (unpaired) electrons. The van der Waals surface area contributed by atoms with Crippen LogP contribution in [0.25, 0.3) is 0 Å². The van der Waals surface area contributed by atoms with Crippen molar-refractivity contribution in [2.24, 2.45) is 0 Å². The third kappa shape index (κ3) is 2.27. The minimum absolute atomic E-state index is 0.293. The monoisotopic (exact) mass is 308 g/mol. The Morgan fingerprint density at radius 2 is 1.52 bits per heavy atom. The van der Waals surface area contributed by atoms with Gasteiger partial charge < -0.3 is 14.2 Å². The lowest BCUT2D eigenvalue weighted by molar-refractivity contribution is -0.0246. The second-order valence-corrected chi connectivity index (χ2v) is 6.28. The number of fused-ring (bicyclic) bond motifs is 1. The van der Waals surface area contributed by atoms with Crippen LogP contribution in [0.15, 0.2) is 42.9 Å². The Hall–Kier alpha value is -2.42. The Bertz CT molecular complexity index is 766. The van der Waals surface area contributed by atoms with E-state index in [1.54, 1.807) is 12.5 Å². The van der Waals surface area contributed by atoms with Crippen LogP contribution in [-0.2, 0) is 9.47 Å². The number of hydrogen-bond acceptors (Lipinski definition) is 3. The fourth-order valence-corrected chi connectivity index (χ4v) is 3.48. The number of benzene rings is 2. The minimum atomic E-state index is -0.317. The molecule has 4 rings (SSSR count). The van der Waals surface area contributed by atoms with Crippen molar-refractivity contribution < 1.29 is 14.2 Å². The molecule has 2 heterocycles. The molecule has 3 nitrogen and oxygen atoms in total. The van der Waals surface area contributed by atoms with E-state index in [1.165, 1.54) is 27.8 Å². The first kappa shape index (κ1) is 14.2. The molecule has 1 atom stereocenters. The molecule has 0 aromatic heterocycles. The van der Waals surface area contributed by atoms with Crippen LogP contribution in [0.4, 0.5) is 0 Å². The number of aryl methyl sites for hydroxylation is 2. The number of rotatable bonds is 2. The molecule has 2 aromatic rings. The van der Waals surface area contributed by atoms with Gasteiger partial charge in [0.2, 0.25) is 0 Å². The van der Waals surface area contributed by atoms with Crippen molar-refractivity contribution in [2.45, 2.75) is 33.0 Å². The zero-order valence-corrected chi connectivity index (χ0v) is 13.6. The maximum absolute atomic E-state index is 6.03. The molecule has 2 aromatic carbocycles. The minimum Gasteiger partial charge on any atom is -0.492 e. The number of ether oxygens (including phenoxy) is 3. The van der Waals surface area contributed by atoms with E-state index in [2.05, 4.69) is 51.1 Å². The molecule has 3 heteroatoms. The van der Waals surface area contributed by atoms with Crippen LogP contribution in [-0.4, -0.2) is 6.61 Å². The molecule has 0 aliphatic carbocycles. The molecule has 0 spiro atoms. The van der Waals surface area contributed by atoms with Gasteiger partial charge in [-0.3, -0.25) is 0 Å². The van der Waals surface area contributed by atoms with Gasteiger partial charge in [0.1, 0.15) is 18.3 Å².